The Labute approximate surface area is 162 Å². The number of nitrogens with two attached hydrogens (primary N) is 1. The molecular formula is C16H28N4O6S. The third-order valence-electron chi connectivity index (χ3n) is 4.30. The van der Waals surface area contributed by atoms with Crippen LogP contribution in [-0.4, -0.2) is 88.1 Å². The summed E-state index contributed by atoms with van der Waals surface area (Å²) in [7, 11) is 0. The van der Waals surface area contributed by atoms with Gasteiger partial charge in [-0.15, -0.1) is 0 Å². The second kappa shape index (κ2) is 11.1. The number of aliphatic hydroxyl groups is 1. The van der Waals surface area contributed by atoms with Crippen molar-refractivity contribution in [3.05, 3.63) is 0 Å². The lowest BCUT2D eigenvalue weighted by Gasteiger charge is -2.29. The van der Waals surface area contributed by atoms with Gasteiger partial charge in [0.2, 0.25) is 17.7 Å². The monoisotopic (exact) mass is 404 g/mol. The summed E-state index contributed by atoms with van der Waals surface area (Å²) in [5.74, 6) is -2.15. The van der Waals surface area contributed by atoms with Gasteiger partial charge in [-0.2, -0.15) is 11.8 Å². The predicted molar refractivity (Wildman–Crippen MR) is 100.0 cm³/mol. The van der Waals surface area contributed by atoms with Crippen LogP contribution in [0.25, 0.3) is 0 Å². The number of hydrogen-bond donors (Lipinski definition) is 5. The molecule has 0 aromatic rings. The van der Waals surface area contributed by atoms with E-state index in [0.29, 0.717) is 31.6 Å². The minimum Gasteiger partial charge on any atom is -0.480 e. The molecule has 1 heterocycles. The quantitative estimate of drug-likeness (QED) is 0.283. The maximum atomic E-state index is 12.9. The molecule has 1 saturated heterocycles. The van der Waals surface area contributed by atoms with Gasteiger partial charge in [-0.25, -0.2) is 0 Å². The zero-order valence-corrected chi connectivity index (χ0v) is 16.3. The lowest BCUT2D eigenvalue weighted by atomic mass is 10.1. The van der Waals surface area contributed by atoms with E-state index >= 15 is 0 Å². The van der Waals surface area contributed by atoms with Crippen LogP contribution in [0.1, 0.15) is 26.2 Å². The zero-order valence-electron chi connectivity index (χ0n) is 15.5. The third-order valence-corrected chi connectivity index (χ3v) is 4.94. The number of carboxylic acid groups (broad SMARTS) is 1. The molecule has 154 valence electrons. The first-order valence-corrected chi connectivity index (χ1v) is 10.1. The second-order valence-electron chi connectivity index (χ2n) is 6.41. The van der Waals surface area contributed by atoms with E-state index in [4.69, 9.17) is 10.8 Å². The minimum absolute atomic E-state index is 0.345. The minimum atomic E-state index is -1.17. The van der Waals surface area contributed by atoms with Crippen molar-refractivity contribution < 1.29 is 29.4 Å². The van der Waals surface area contributed by atoms with Crippen LogP contribution in [0.5, 0.6) is 0 Å². The average molecular weight is 404 g/mol. The van der Waals surface area contributed by atoms with Crippen molar-refractivity contribution in [1.82, 2.24) is 15.5 Å². The Kier molecular flexibility index (Phi) is 9.53. The number of carbonyl (C=O) groups is 4. The highest BCUT2D eigenvalue weighted by molar-refractivity contribution is 7.98. The molecule has 1 aliphatic rings. The normalized spacial score (nSPS) is 19.9. The van der Waals surface area contributed by atoms with Crippen LogP contribution in [0.4, 0.5) is 0 Å². The zero-order chi connectivity index (χ0) is 20.6. The Bertz CT molecular complexity index is 559. The number of carboxylic acids is 1. The van der Waals surface area contributed by atoms with Crippen molar-refractivity contribution in [1.29, 1.82) is 0 Å². The molecule has 0 radical (unpaired) electrons. The number of aliphatic hydroxyl groups excluding tert-OH is 1. The van der Waals surface area contributed by atoms with E-state index in [1.54, 1.807) is 0 Å². The summed E-state index contributed by atoms with van der Waals surface area (Å²) in [6, 6.07) is -2.80. The number of likely N-dealkylation sites (tertiary alicyclic amines) is 1. The smallest absolute Gasteiger partial charge is 0.322 e. The largest absolute Gasteiger partial charge is 0.480 e. The van der Waals surface area contributed by atoms with Crippen LogP contribution in [-0.2, 0) is 19.2 Å². The summed E-state index contributed by atoms with van der Waals surface area (Å²) in [6.45, 7) is 1.21. The van der Waals surface area contributed by atoms with Crippen molar-refractivity contribution in [3.8, 4) is 0 Å². The van der Waals surface area contributed by atoms with Gasteiger partial charge in [0.05, 0.1) is 6.10 Å². The fraction of sp³-hybridized carbons (Fsp3) is 0.750. The van der Waals surface area contributed by atoms with Gasteiger partial charge in [-0.05, 0) is 38.2 Å². The number of amides is 3. The number of thioether (sulfide) groups is 1. The van der Waals surface area contributed by atoms with E-state index in [1.165, 1.54) is 23.6 Å². The van der Waals surface area contributed by atoms with Gasteiger partial charge >= 0.3 is 5.97 Å². The predicted octanol–water partition coefficient (Wildman–Crippen LogP) is -1.88. The number of aliphatic carboxylic acids is 1. The molecule has 0 saturated carbocycles. The first-order chi connectivity index (χ1) is 12.7. The first kappa shape index (κ1) is 23.2. The lowest BCUT2D eigenvalue weighted by molar-refractivity contribution is -0.143. The molecular weight excluding hydrogens is 376 g/mol. The molecule has 0 spiro atoms. The highest BCUT2D eigenvalue weighted by Crippen LogP contribution is 2.20. The first-order valence-electron chi connectivity index (χ1n) is 8.72. The molecule has 11 heteroatoms. The average Bonchev–Trinajstić information content (AvgIpc) is 3.11. The Morgan fingerprint density at radius 1 is 1.33 bits per heavy atom. The van der Waals surface area contributed by atoms with Gasteiger partial charge in [0.15, 0.2) is 0 Å². The molecule has 0 aromatic heterocycles. The maximum Gasteiger partial charge on any atom is 0.322 e. The highest BCUT2D eigenvalue weighted by atomic mass is 32.2. The molecule has 1 rings (SSSR count). The van der Waals surface area contributed by atoms with Crippen molar-refractivity contribution in [2.75, 3.05) is 25.1 Å². The van der Waals surface area contributed by atoms with Crippen LogP contribution in [0.2, 0.25) is 0 Å². The second-order valence-corrected chi connectivity index (χ2v) is 7.40. The van der Waals surface area contributed by atoms with Crippen molar-refractivity contribution in [3.63, 3.8) is 0 Å². The fourth-order valence-electron chi connectivity index (χ4n) is 2.76. The Hall–Kier alpha value is -1.85. The molecule has 0 aliphatic carbocycles. The molecule has 1 aliphatic heterocycles. The van der Waals surface area contributed by atoms with Crippen molar-refractivity contribution >= 4 is 35.5 Å². The Morgan fingerprint density at radius 2 is 2.00 bits per heavy atom. The van der Waals surface area contributed by atoms with E-state index in [0.717, 1.165) is 0 Å². The number of rotatable bonds is 10. The van der Waals surface area contributed by atoms with E-state index in [-0.39, 0.29) is 0 Å². The molecule has 6 N–H and O–H groups in total. The summed E-state index contributed by atoms with van der Waals surface area (Å²) in [4.78, 5) is 49.3. The lowest BCUT2D eigenvalue weighted by Crippen LogP contribution is -2.57. The van der Waals surface area contributed by atoms with Gasteiger partial charge in [0, 0.05) is 6.54 Å². The summed E-state index contributed by atoms with van der Waals surface area (Å²) in [5, 5.41) is 23.0. The van der Waals surface area contributed by atoms with Crippen LogP contribution in [0, 0.1) is 0 Å². The SMILES string of the molecule is CSCCC(NC(=O)C(N)C(C)O)C(=O)N1CCCC1C(=O)NCC(=O)O. The Balaban J connectivity index is 2.84. The van der Waals surface area contributed by atoms with Crippen LogP contribution in [0.3, 0.4) is 0 Å². The van der Waals surface area contributed by atoms with Gasteiger partial charge in [-0.1, -0.05) is 0 Å². The van der Waals surface area contributed by atoms with Gasteiger partial charge in [0.25, 0.3) is 0 Å². The molecule has 4 atom stereocenters. The summed E-state index contributed by atoms with van der Waals surface area (Å²) in [6.07, 6.45) is 2.17. The molecule has 10 nitrogen and oxygen atoms in total. The molecule has 27 heavy (non-hydrogen) atoms. The summed E-state index contributed by atoms with van der Waals surface area (Å²) in [5.41, 5.74) is 5.62. The van der Waals surface area contributed by atoms with Gasteiger partial charge < -0.3 is 31.5 Å². The number of nitrogens with zero attached hydrogens (tertiary/aromatic N) is 1. The van der Waals surface area contributed by atoms with E-state index < -0.39 is 54.5 Å². The highest BCUT2D eigenvalue weighted by Gasteiger charge is 2.38. The fourth-order valence-corrected chi connectivity index (χ4v) is 3.24. The van der Waals surface area contributed by atoms with Crippen LogP contribution in [0.15, 0.2) is 0 Å². The number of carbonyl (C=O) groups excluding carboxylic acids is 3. The van der Waals surface area contributed by atoms with E-state index in [2.05, 4.69) is 10.6 Å². The molecule has 0 aromatic carbocycles. The van der Waals surface area contributed by atoms with Crippen LogP contribution >= 0.6 is 11.8 Å². The summed E-state index contributed by atoms with van der Waals surface area (Å²) < 4.78 is 0. The molecule has 1 fully saturated rings. The number of nitrogens with one attached hydrogen (secondary N) is 2. The number of hydrogen-bond acceptors (Lipinski definition) is 7. The molecule has 4 unspecified atom stereocenters. The molecule has 3 amide bonds. The summed E-state index contributed by atoms with van der Waals surface area (Å²) >= 11 is 1.50. The molecule has 0 bridgehead atoms. The Morgan fingerprint density at radius 3 is 2.56 bits per heavy atom. The van der Waals surface area contributed by atoms with Crippen LogP contribution < -0.4 is 16.4 Å². The van der Waals surface area contributed by atoms with Crippen molar-refractivity contribution in [2.45, 2.75) is 50.4 Å². The third kappa shape index (κ3) is 7.00. The van der Waals surface area contributed by atoms with E-state index in [1.807, 2.05) is 6.26 Å². The van der Waals surface area contributed by atoms with Crippen molar-refractivity contribution in [2.24, 2.45) is 5.73 Å². The standard InChI is InChI=1S/C16H28N4O6S/c1-9(21)13(17)15(25)19-10(5-7-27-2)16(26)20-6-3-4-11(20)14(24)18-8-12(22)23/h9-11,13,21H,3-8,17H2,1-2H3,(H,18,24)(H,19,25)(H,22,23). The van der Waals surface area contributed by atoms with Gasteiger partial charge in [0.1, 0.15) is 24.7 Å². The van der Waals surface area contributed by atoms with E-state index in [9.17, 15) is 24.3 Å². The van der Waals surface area contributed by atoms with Gasteiger partial charge in [-0.3, -0.25) is 19.2 Å². The topological polar surface area (TPSA) is 162 Å². The maximum absolute atomic E-state index is 12.9.